The summed E-state index contributed by atoms with van der Waals surface area (Å²) in [5.41, 5.74) is 0. The Balaban J connectivity index is 2.05. The van der Waals surface area contributed by atoms with Gasteiger partial charge in [0.25, 0.3) is 0 Å². The number of ether oxygens (including phenoxy) is 1. The van der Waals surface area contributed by atoms with Crippen LogP contribution in [0.2, 0.25) is 0 Å². The van der Waals surface area contributed by atoms with Gasteiger partial charge in [0, 0.05) is 25.7 Å². The number of rotatable bonds is 7. The normalized spacial score (nSPS) is 19.4. The Kier molecular flexibility index (Phi) is 6.70. The molecule has 1 aliphatic heterocycles. The number of nitrogens with zero attached hydrogens (tertiary/aromatic N) is 1. The quantitative estimate of drug-likeness (QED) is 0.711. The SMILES string of the molecule is CS(=O)(=O)N1CCC(NCCCOCC(F)(F)F)CC1. The minimum Gasteiger partial charge on any atom is -0.372 e. The zero-order chi connectivity index (χ0) is 15.2. The molecule has 0 radical (unpaired) electrons. The summed E-state index contributed by atoms with van der Waals surface area (Å²) in [6.07, 6.45) is -1.14. The van der Waals surface area contributed by atoms with Gasteiger partial charge >= 0.3 is 6.18 Å². The van der Waals surface area contributed by atoms with E-state index in [1.807, 2.05) is 0 Å². The van der Waals surface area contributed by atoms with Crippen molar-refractivity contribution in [2.75, 3.05) is 39.1 Å². The molecule has 1 heterocycles. The Morgan fingerprint density at radius 2 is 1.90 bits per heavy atom. The molecule has 1 saturated heterocycles. The van der Waals surface area contributed by atoms with E-state index in [1.54, 1.807) is 0 Å². The highest BCUT2D eigenvalue weighted by Crippen LogP contribution is 2.15. The van der Waals surface area contributed by atoms with Gasteiger partial charge in [-0.25, -0.2) is 12.7 Å². The van der Waals surface area contributed by atoms with E-state index >= 15 is 0 Å². The molecule has 20 heavy (non-hydrogen) atoms. The molecule has 0 aromatic carbocycles. The summed E-state index contributed by atoms with van der Waals surface area (Å²) < 4.78 is 63.9. The molecule has 0 spiro atoms. The first-order valence-corrected chi connectivity index (χ1v) is 8.36. The molecule has 1 fully saturated rings. The van der Waals surface area contributed by atoms with Crippen molar-refractivity contribution in [3.05, 3.63) is 0 Å². The molecule has 120 valence electrons. The predicted octanol–water partition coefficient (Wildman–Crippen LogP) is 0.969. The van der Waals surface area contributed by atoms with Crippen LogP contribution in [0.15, 0.2) is 0 Å². The lowest BCUT2D eigenvalue weighted by atomic mass is 10.1. The van der Waals surface area contributed by atoms with Crippen LogP contribution in [0, 0.1) is 0 Å². The molecule has 0 bridgehead atoms. The lowest BCUT2D eigenvalue weighted by Crippen LogP contribution is -2.44. The van der Waals surface area contributed by atoms with Crippen molar-refractivity contribution in [3.63, 3.8) is 0 Å². The third kappa shape index (κ3) is 7.41. The maximum absolute atomic E-state index is 11.8. The van der Waals surface area contributed by atoms with E-state index in [2.05, 4.69) is 10.1 Å². The molecule has 0 aromatic heterocycles. The van der Waals surface area contributed by atoms with Crippen LogP contribution >= 0.6 is 0 Å². The number of hydrogen-bond acceptors (Lipinski definition) is 4. The summed E-state index contributed by atoms with van der Waals surface area (Å²) in [5, 5.41) is 3.21. The van der Waals surface area contributed by atoms with Gasteiger partial charge in [0.15, 0.2) is 0 Å². The van der Waals surface area contributed by atoms with Crippen molar-refractivity contribution < 1.29 is 26.3 Å². The Morgan fingerprint density at radius 1 is 1.30 bits per heavy atom. The molecule has 9 heteroatoms. The third-order valence-electron chi connectivity index (χ3n) is 3.09. The molecule has 5 nitrogen and oxygen atoms in total. The minimum atomic E-state index is -4.27. The smallest absolute Gasteiger partial charge is 0.372 e. The fraction of sp³-hybridized carbons (Fsp3) is 1.00. The molecule has 0 aromatic rings. The highest BCUT2D eigenvalue weighted by Gasteiger charge is 2.27. The molecular weight excluding hydrogens is 297 g/mol. The van der Waals surface area contributed by atoms with Gasteiger partial charge in [0.1, 0.15) is 6.61 Å². The molecular formula is C11H21F3N2O3S. The third-order valence-corrected chi connectivity index (χ3v) is 4.39. The van der Waals surface area contributed by atoms with Crippen LogP contribution in [0.1, 0.15) is 19.3 Å². The molecule has 1 N–H and O–H groups in total. The fourth-order valence-corrected chi connectivity index (χ4v) is 2.93. The van der Waals surface area contributed by atoms with Gasteiger partial charge in [-0.3, -0.25) is 0 Å². The Bertz CT molecular complexity index is 379. The zero-order valence-electron chi connectivity index (χ0n) is 11.4. The molecule has 0 atom stereocenters. The number of hydrogen-bond donors (Lipinski definition) is 1. The first-order valence-electron chi connectivity index (χ1n) is 6.51. The maximum atomic E-state index is 11.8. The van der Waals surface area contributed by atoms with Crippen molar-refractivity contribution in [1.29, 1.82) is 0 Å². The number of halogens is 3. The van der Waals surface area contributed by atoms with Gasteiger partial charge in [0.2, 0.25) is 10.0 Å². The van der Waals surface area contributed by atoms with E-state index in [0.29, 0.717) is 26.1 Å². The van der Waals surface area contributed by atoms with Gasteiger partial charge in [-0.1, -0.05) is 0 Å². The van der Waals surface area contributed by atoms with E-state index in [4.69, 9.17) is 0 Å². The Hall–Kier alpha value is -0.380. The monoisotopic (exact) mass is 318 g/mol. The minimum absolute atomic E-state index is 0.0642. The second kappa shape index (κ2) is 7.58. The second-order valence-electron chi connectivity index (χ2n) is 4.91. The average Bonchev–Trinajstić information content (AvgIpc) is 2.32. The van der Waals surface area contributed by atoms with E-state index in [-0.39, 0.29) is 12.6 Å². The summed E-state index contributed by atoms with van der Waals surface area (Å²) in [6.45, 7) is 0.401. The number of piperidine rings is 1. The lowest BCUT2D eigenvalue weighted by Gasteiger charge is -2.30. The van der Waals surface area contributed by atoms with E-state index in [1.165, 1.54) is 10.6 Å². The van der Waals surface area contributed by atoms with Crippen LogP contribution in [-0.4, -0.2) is 64.0 Å². The van der Waals surface area contributed by atoms with Gasteiger partial charge < -0.3 is 10.1 Å². The van der Waals surface area contributed by atoms with Gasteiger partial charge in [-0.2, -0.15) is 13.2 Å². The molecule has 1 aliphatic rings. The van der Waals surface area contributed by atoms with Crippen molar-refractivity contribution in [1.82, 2.24) is 9.62 Å². The summed E-state index contributed by atoms with van der Waals surface area (Å²) in [4.78, 5) is 0. The van der Waals surface area contributed by atoms with Crippen molar-refractivity contribution in [3.8, 4) is 0 Å². The van der Waals surface area contributed by atoms with Crippen LogP contribution in [0.25, 0.3) is 0 Å². The standard InChI is InChI=1S/C11H21F3N2O3S/c1-20(17,18)16-6-3-10(4-7-16)15-5-2-8-19-9-11(12,13)14/h10,15H,2-9H2,1H3. The highest BCUT2D eigenvalue weighted by atomic mass is 32.2. The van der Waals surface area contributed by atoms with Crippen LogP contribution in [0.3, 0.4) is 0 Å². The van der Waals surface area contributed by atoms with E-state index in [0.717, 1.165) is 12.8 Å². The van der Waals surface area contributed by atoms with Crippen molar-refractivity contribution >= 4 is 10.0 Å². The van der Waals surface area contributed by atoms with Gasteiger partial charge in [-0.15, -0.1) is 0 Å². The van der Waals surface area contributed by atoms with Gasteiger partial charge in [0.05, 0.1) is 6.26 Å². The molecule has 0 saturated carbocycles. The fourth-order valence-electron chi connectivity index (χ4n) is 2.06. The maximum Gasteiger partial charge on any atom is 0.411 e. The molecule has 0 aliphatic carbocycles. The average molecular weight is 318 g/mol. The van der Waals surface area contributed by atoms with Crippen LogP contribution in [0.5, 0.6) is 0 Å². The van der Waals surface area contributed by atoms with E-state index < -0.39 is 22.8 Å². The number of sulfonamides is 1. The number of alkyl halides is 3. The second-order valence-corrected chi connectivity index (χ2v) is 6.89. The Morgan fingerprint density at radius 3 is 2.40 bits per heavy atom. The zero-order valence-corrected chi connectivity index (χ0v) is 12.3. The van der Waals surface area contributed by atoms with Gasteiger partial charge in [-0.05, 0) is 25.8 Å². The Labute approximate surface area is 117 Å². The summed E-state index contributed by atoms with van der Waals surface area (Å²) in [6, 6.07) is 0.218. The van der Waals surface area contributed by atoms with Crippen LogP contribution in [0.4, 0.5) is 13.2 Å². The lowest BCUT2D eigenvalue weighted by molar-refractivity contribution is -0.173. The summed E-state index contributed by atoms with van der Waals surface area (Å²) in [7, 11) is -3.12. The summed E-state index contributed by atoms with van der Waals surface area (Å²) >= 11 is 0. The molecule has 0 unspecified atom stereocenters. The predicted molar refractivity (Wildman–Crippen MR) is 68.9 cm³/mol. The molecule has 0 amide bonds. The first-order chi connectivity index (χ1) is 9.18. The molecule has 1 rings (SSSR count). The number of nitrogens with one attached hydrogen (secondary N) is 1. The van der Waals surface area contributed by atoms with Crippen molar-refractivity contribution in [2.45, 2.75) is 31.5 Å². The van der Waals surface area contributed by atoms with E-state index in [9.17, 15) is 21.6 Å². The topological polar surface area (TPSA) is 58.6 Å². The highest BCUT2D eigenvalue weighted by molar-refractivity contribution is 7.88. The van der Waals surface area contributed by atoms with Crippen LogP contribution in [-0.2, 0) is 14.8 Å². The van der Waals surface area contributed by atoms with Crippen molar-refractivity contribution in [2.24, 2.45) is 0 Å². The largest absolute Gasteiger partial charge is 0.411 e. The van der Waals surface area contributed by atoms with Crippen LogP contribution < -0.4 is 5.32 Å². The summed E-state index contributed by atoms with van der Waals surface area (Å²) in [5.74, 6) is 0. The first kappa shape index (κ1) is 17.7.